The van der Waals surface area contributed by atoms with Gasteiger partial charge in [-0.25, -0.2) is 4.79 Å². The van der Waals surface area contributed by atoms with Gasteiger partial charge in [0.25, 0.3) is 0 Å². The minimum absolute atomic E-state index is 0.159. The first-order valence-corrected chi connectivity index (χ1v) is 5.67. The number of benzene rings is 1. The van der Waals surface area contributed by atoms with Gasteiger partial charge in [0, 0.05) is 11.7 Å². The lowest BCUT2D eigenvalue weighted by molar-refractivity contribution is 0.690. The summed E-state index contributed by atoms with van der Waals surface area (Å²) < 4.78 is 0. The van der Waals surface area contributed by atoms with Crippen molar-refractivity contribution in [1.29, 1.82) is 0 Å². The van der Waals surface area contributed by atoms with Gasteiger partial charge in [-0.3, -0.25) is 0 Å². The fourth-order valence-corrected chi connectivity index (χ4v) is 1.91. The second-order valence-corrected chi connectivity index (χ2v) is 4.17. The van der Waals surface area contributed by atoms with E-state index in [4.69, 9.17) is 0 Å². The summed E-state index contributed by atoms with van der Waals surface area (Å²) in [4.78, 5) is 16.6. The van der Waals surface area contributed by atoms with Crippen LogP contribution in [0.4, 0.5) is 5.69 Å². The summed E-state index contributed by atoms with van der Waals surface area (Å²) in [5.41, 5.74) is 2.58. The number of aromatic nitrogens is 2. The van der Waals surface area contributed by atoms with Crippen LogP contribution in [0.5, 0.6) is 0 Å². The summed E-state index contributed by atoms with van der Waals surface area (Å²) in [7, 11) is 0. The number of nitrogens with one attached hydrogen (secondary N) is 3. The van der Waals surface area contributed by atoms with Crippen LogP contribution in [0.15, 0.2) is 23.0 Å². The van der Waals surface area contributed by atoms with Gasteiger partial charge >= 0.3 is 5.69 Å². The molecule has 4 heteroatoms. The molecule has 1 unspecified atom stereocenters. The average molecular weight is 219 g/mol. The minimum atomic E-state index is -0.159. The summed E-state index contributed by atoms with van der Waals surface area (Å²) in [6.45, 7) is 4.33. The van der Waals surface area contributed by atoms with Gasteiger partial charge in [-0.1, -0.05) is 13.3 Å². The normalized spacial score (nSPS) is 12.9. The summed E-state index contributed by atoms with van der Waals surface area (Å²) >= 11 is 0. The maximum atomic E-state index is 11.1. The van der Waals surface area contributed by atoms with Gasteiger partial charge in [-0.2, -0.15) is 0 Å². The molecule has 0 aliphatic heterocycles. The highest BCUT2D eigenvalue weighted by Crippen LogP contribution is 2.16. The number of imidazole rings is 1. The molecule has 1 heterocycles. The van der Waals surface area contributed by atoms with E-state index in [1.54, 1.807) is 0 Å². The molecular weight excluding hydrogens is 202 g/mol. The van der Waals surface area contributed by atoms with E-state index in [2.05, 4.69) is 29.1 Å². The molecule has 4 nitrogen and oxygen atoms in total. The molecule has 86 valence electrons. The third kappa shape index (κ3) is 2.27. The van der Waals surface area contributed by atoms with Gasteiger partial charge in [0.2, 0.25) is 0 Å². The van der Waals surface area contributed by atoms with E-state index in [0.717, 1.165) is 29.6 Å². The van der Waals surface area contributed by atoms with Crippen LogP contribution in [0, 0.1) is 0 Å². The fourth-order valence-electron chi connectivity index (χ4n) is 1.91. The van der Waals surface area contributed by atoms with E-state index >= 15 is 0 Å². The van der Waals surface area contributed by atoms with Crippen LogP contribution < -0.4 is 11.0 Å². The van der Waals surface area contributed by atoms with Crippen molar-refractivity contribution >= 4 is 16.7 Å². The summed E-state index contributed by atoms with van der Waals surface area (Å²) in [6, 6.07) is 6.31. The van der Waals surface area contributed by atoms with Crippen LogP contribution in [0.1, 0.15) is 26.7 Å². The molecule has 2 rings (SSSR count). The second-order valence-electron chi connectivity index (χ2n) is 4.17. The molecule has 0 spiro atoms. The maximum absolute atomic E-state index is 11.1. The van der Waals surface area contributed by atoms with Crippen molar-refractivity contribution in [3.63, 3.8) is 0 Å². The first-order chi connectivity index (χ1) is 7.69. The standard InChI is InChI=1S/C12H17N3O/c1-3-4-8(2)13-9-5-6-10-11(7-9)15-12(16)14-10/h5-8,13H,3-4H2,1-2H3,(H2,14,15,16). The average Bonchev–Trinajstić information content (AvgIpc) is 2.57. The molecule has 0 amide bonds. The molecule has 0 saturated carbocycles. The molecule has 0 fully saturated rings. The molecule has 0 bridgehead atoms. The van der Waals surface area contributed by atoms with Gasteiger partial charge in [-0.15, -0.1) is 0 Å². The Morgan fingerprint density at radius 3 is 2.81 bits per heavy atom. The van der Waals surface area contributed by atoms with E-state index in [-0.39, 0.29) is 5.69 Å². The fraction of sp³-hybridized carbons (Fsp3) is 0.417. The smallest absolute Gasteiger partial charge is 0.323 e. The Morgan fingerprint density at radius 1 is 1.31 bits per heavy atom. The quantitative estimate of drug-likeness (QED) is 0.739. The lowest BCUT2D eigenvalue weighted by Gasteiger charge is -2.13. The second kappa shape index (κ2) is 4.43. The number of anilines is 1. The predicted octanol–water partition coefficient (Wildman–Crippen LogP) is 2.46. The number of fused-ring (bicyclic) bond motifs is 1. The van der Waals surface area contributed by atoms with Gasteiger partial charge in [0.15, 0.2) is 0 Å². The number of rotatable bonds is 4. The van der Waals surface area contributed by atoms with Gasteiger partial charge in [-0.05, 0) is 31.5 Å². The monoisotopic (exact) mass is 219 g/mol. The van der Waals surface area contributed by atoms with Crippen LogP contribution in [0.3, 0.4) is 0 Å². The Morgan fingerprint density at radius 2 is 2.06 bits per heavy atom. The third-order valence-corrected chi connectivity index (χ3v) is 2.65. The molecule has 0 saturated heterocycles. The highest BCUT2D eigenvalue weighted by atomic mass is 16.1. The molecule has 0 radical (unpaired) electrons. The Bertz CT molecular complexity index is 526. The zero-order valence-electron chi connectivity index (χ0n) is 9.63. The van der Waals surface area contributed by atoms with E-state index in [0.29, 0.717) is 6.04 Å². The van der Waals surface area contributed by atoms with Crippen LogP contribution in [0.25, 0.3) is 11.0 Å². The van der Waals surface area contributed by atoms with E-state index in [1.165, 1.54) is 0 Å². The van der Waals surface area contributed by atoms with Crippen LogP contribution in [0.2, 0.25) is 0 Å². The third-order valence-electron chi connectivity index (χ3n) is 2.65. The van der Waals surface area contributed by atoms with E-state index < -0.39 is 0 Å². The van der Waals surface area contributed by atoms with Gasteiger partial charge < -0.3 is 15.3 Å². The molecule has 16 heavy (non-hydrogen) atoms. The first kappa shape index (κ1) is 10.8. The topological polar surface area (TPSA) is 60.7 Å². The van der Waals surface area contributed by atoms with Crippen molar-refractivity contribution in [3.05, 3.63) is 28.7 Å². The number of hydrogen-bond acceptors (Lipinski definition) is 2. The van der Waals surface area contributed by atoms with E-state index in [9.17, 15) is 4.79 Å². The molecule has 0 aliphatic rings. The van der Waals surface area contributed by atoms with Crippen molar-refractivity contribution in [2.24, 2.45) is 0 Å². The van der Waals surface area contributed by atoms with Crippen molar-refractivity contribution in [2.45, 2.75) is 32.7 Å². The van der Waals surface area contributed by atoms with Crippen molar-refractivity contribution in [2.75, 3.05) is 5.32 Å². The molecule has 2 aromatic rings. The van der Waals surface area contributed by atoms with Crippen LogP contribution >= 0.6 is 0 Å². The summed E-state index contributed by atoms with van der Waals surface area (Å²) in [5.74, 6) is 0. The van der Waals surface area contributed by atoms with Gasteiger partial charge in [0.05, 0.1) is 11.0 Å². The van der Waals surface area contributed by atoms with E-state index in [1.807, 2.05) is 18.2 Å². The zero-order chi connectivity index (χ0) is 11.5. The summed E-state index contributed by atoms with van der Waals surface area (Å²) in [5, 5.41) is 3.41. The maximum Gasteiger partial charge on any atom is 0.323 e. The zero-order valence-corrected chi connectivity index (χ0v) is 9.63. The highest BCUT2D eigenvalue weighted by Gasteiger charge is 2.02. The molecular formula is C12H17N3O. The first-order valence-electron chi connectivity index (χ1n) is 5.67. The van der Waals surface area contributed by atoms with Gasteiger partial charge in [0.1, 0.15) is 0 Å². The molecule has 1 aromatic heterocycles. The minimum Gasteiger partial charge on any atom is -0.383 e. The molecule has 3 N–H and O–H groups in total. The SMILES string of the molecule is CCCC(C)Nc1ccc2[nH]c(=O)[nH]c2c1. The molecule has 1 aromatic carbocycles. The van der Waals surface area contributed by atoms with Crippen molar-refractivity contribution in [3.8, 4) is 0 Å². The lowest BCUT2D eigenvalue weighted by Crippen LogP contribution is -2.14. The number of hydrogen-bond donors (Lipinski definition) is 3. The number of aromatic amines is 2. The Hall–Kier alpha value is -1.71. The molecule has 0 aliphatic carbocycles. The summed E-state index contributed by atoms with van der Waals surface area (Å²) in [6.07, 6.45) is 2.30. The number of H-pyrrole nitrogens is 2. The van der Waals surface area contributed by atoms with Crippen molar-refractivity contribution < 1.29 is 0 Å². The van der Waals surface area contributed by atoms with Crippen LogP contribution in [-0.4, -0.2) is 16.0 Å². The van der Waals surface area contributed by atoms with Crippen molar-refractivity contribution in [1.82, 2.24) is 9.97 Å². The Kier molecular flexibility index (Phi) is 2.99. The van der Waals surface area contributed by atoms with Crippen LogP contribution in [-0.2, 0) is 0 Å². The molecule has 1 atom stereocenters. The Balaban J connectivity index is 2.22. The predicted molar refractivity (Wildman–Crippen MR) is 66.9 cm³/mol. The largest absolute Gasteiger partial charge is 0.383 e. The highest BCUT2D eigenvalue weighted by molar-refractivity contribution is 5.78. The Labute approximate surface area is 94.1 Å². The lowest BCUT2D eigenvalue weighted by atomic mass is 10.2.